The summed E-state index contributed by atoms with van der Waals surface area (Å²) >= 11 is 6.01. The minimum atomic E-state index is -4.11. The van der Waals surface area contributed by atoms with E-state index in [1.807, 2.05) is 12.1 Å². The molecule has 0 aliphatic carbocycles. The molecule has 8 nitrogen and oxygen atoms in total. The van der Waals surface area contributed by atoms with Gasteiger partial charge in [-0.25, -0.2) is 8.42 Å². The van der Waals surface area contributed by atoms with Gasteiger partial charge in [0, 0.05) is 36.4 Å². The Morgan fingerprint density at radius 1 is 1.03 bits per heavy atom. The number of carbonyl (C=O) groups is 1. The number of carbonyl (C=O) groups excluding carboxylic acids is 1. The van der Waals surface area contributed by atoms with E-state index < -0.39 is 15.9 Å². The number of hydrogen-bond donors (Lipinski definition) is 1. The Morgan fingerprint density at radius 2 is 1.76 bits per heavy atom. The number of benzene rings is 3. The maximum absolute atomic E-state index is 13.7. The fourth-order valence-electron chi connectivity index (χ4n) is 4.35. The summed E-state index contributed by atoms with van der Waals surface area (Å²) in [5.41, 5.74) is 2.90. The molecule has 1 heterocycles. The largest absolute Gasteiger partial charge is 0.493 e. The fourth-order valence-corrected chi connectivity index (χ4v) is 5.91. The van der Waals surface area contributed by atoms with Crippen LogP contribution in [-0.2, 0) is 21.2 Å². The van der Waals surface area contributed by atoms with Crippen LogP contribution in [0.25, 0.3) is 0 Å². The number of anilines is 2. The average Bonchev–Trinajstić information content (AvgIpc) is 3.33. The van der Waals surface area contributed by atoms with Gasteiger partial charge in [0.05, 0.1) is 24.8 Å². The first-order chi connectivity index (χ1) is 17.8. The van der Waals surface area contributed by atoms with E-state index in [-0.39, 0.29) is 17.2 Å². The van der Waals surface area contributed by atoms with Crippen LogP contribution < -0.4 is 24.0 Å². The van der Waals surface area contributed by atoms with Gasteiger partial charge in [-0.05, 0) is 60.9 Å². The first-order valence-electron chi connectivity index (χ1n) is 11.9. The molecule has 0 saturated carbocycles. The number of halogens is 1. The Hall–Kier alpha value is -3.43. The number of ether oxygens (including phenoxy) is 2. The van der Waals surface area contributed by atoms with Gasteiger partial charge in [0.1, 0.15) is 6.54 Å². The van der Waals surface area contributed by atoms with E-state index in [1.165, 1.54) is 43.7 Å². The summed E-state index contributed by atoms with van der Waals surface area (Å²) in [5, 5.41) is 3.32. The maximum Gasteiger partial charge on any atom is 0.264 e. The van der Waals surface area contributed by atoms with Crippen molar-refractivity contribution in [1.82, 2.24) is 5.32 Å². The van der Waals surface area contributed by atoms with Crippen molar-refractivity contribution in [3.05, 3.63) is 77.3 Å². The van der Waals surface area contributed by atoms with Gasteiger partial charge in [0.25, 0.3) is 10.0 Å². The highest BCUT2D eigenvalue weighted by molar-refractivity contribution is 7.92. The van der Waals surface area contributed by atoms with Crippen LogP contribution >= 0.6 is 11.6 Å². The van der Waals surface area contributed by atoms with Crippen molar-refractivity contribution in [2.24, 2.45) is 0 Å². The Kier molecular flexibility index (Phi) is 8.45. The normalized spacial score (nSPS) is 12.7. The van der Waals surface area contributed by atoms with Crippen LogP contribution in [0.4, 0.5) is 11.4 Å². The lowest BCUT2D eigenvalue weighted by Gasteiger charge is -2.25. The fraction of sp³-hybridized carbons (Fsp3) is 0.296. The number of hydrogen-bond acceptors (Lipinski definition) is 6. The molecule has 3 aromatic rings. The standard InChI is InChI=1S/C27H30ClN3O5S/c1-35-25-13-12-23(18-26(25)36-2)37(33,34)31(22-10-8-21(28)9-11-22)19-27(32)29-15-5-16-30-17-14-20-6-3-4-7-24(20)30/h3-4,6-13,18H,5,14-17,19H2,1-2H3,(H,29,32). The Balaban J connectivity index is 1.45. The first kappa shape index (κ1) is 26.6. The molecule has 1 N–H and O–H groups in total. The van der Waals surface area contributed by atoms with Gasteiger partial charge >= 0.3 is 0 Å². The highest BCUT2D eigenvalue weighted by Gasteiger charge is 2.28. The van der Waals surface area contributed by atoms with Gasteiger partial charge in [-0.1, -0.05) is 29.8 Å². The molecule has 0 atom stereocenters. The van der Waals surface area contributed by atoms with E-state index in [0.717, 1.165) is 30.2 Å². The molecule has 4 rings (SSSR count). The second kappa shape index (κ2) is 11.7. The quantitative estimate of drug-likeness (QED) is 0.366. The van der Waals surface area contributed by atoms with Crippen LogP contribution in [-0.4, -0.2) is 54.7 Å². The van der Waals surface area contributed by atoms with E-state index in [9.17, 15) is 13.2 Å². The Labute approximate surface area is 222 Å². The molecule has 0 spiro atoms. The molecule has 0 unspecified atom stereocenters. The predicted octanol–water partition coefficient (Wildman–Crippen LogP) is 4.12. The van der Waals surface area contributed by atoms with Crippen molar-refractivity contribution in [2.75, 3.05) is 49.6 Å². The monoisotopic (exact) mass is 543 g/mol. The van der Waals surface area contributed by atoms with E-state index in [4.69, 9.17) is 21.1 Å². The summed E-state index contributed by atoms with van der Waals surface area (Å²) in [7, 11) is -1.21. The zero-order chi connectivity index (χ0) is 26.4. The van der Waals surface area contributed by atoms with Crippen LogP contribution in [0, 0.1) is 0 Å². The van der Waals surface area contributed by atoms with Crippen LogP contribution in [0.5, 0.6) is 11.5 Å². The summed E-state index contributed by atoms with van der Waals surface area (Å²) in [6, 6.07) is 19.0. The zero-order valence-electron chi connectivity index (χ0n) is 20.8. The van der Waals surface area contributed by atoms with E-state index in [2.05, 4.69) is 22.3 Å². The zero-order valence-corrected chi connectivity index (χ0v) is 22.4. The van der Waals surface area contributed by atoms with Crippen LogP contribution in [0.2, 0.25) is 5.02 Å². The topological polar surface area (TPSA) is 88.2 Å². The van der Waals surface area contributed by atoms with E-state index in [0.29, 0.717) is 23.0 Å². The summed E-state index contributed by atoms with van der Waals surface area (Å²) in [5.74, 6) is 0.270. The number of rotatable bonds is 11. The summed E-state index contributed by atoms with van der Waals surface area (Å²) in [4.78, 5) is 15.2. The van der Waals surface area contributed by atoms with Gasteiger partial charge in [0.15, 0.2) is 11.5 Å². The van der Waals surface area contributed by atoms with E-state index >= 15 is 0 Å². The molecular formula is C27H30ClN3O5S. The first-order valence-corrected chi connectivity index (χ1v) is 13.7. The van der Waals surface area contributed by atoms with Crippen LogP contribution in [0.15, 0.2) is 71.6 Å². The summed E-state index contributed by atoms with van der Waals surface area (Å²) in [6.45, 7) is 1.82. The van der Waals surface area contributed by atoms with Gasteiger partial charge < -0.3 is 19.7 Å². The van der Waals surface area contributed by atoms with Gasteiger partial charge in [0.2, 0.25) is 5.91 Å². The number of sulfonamides is 1. The lowest BCUT2D eigenvalue weighted by Crippen LogP contribution is -2.41. The molecule has 0 fully saturated rings. The molecule has 1 aliphatic heterocycles. The number of para-hydroxylation sites is 1. The molecule has 0 aromatic heterocycles. The van der Waals surface area contributed by atoms with Crippen molar-refractivity contribution < 1.29 is 22.7 Å². The SMILES string of the molecule is COc1ccc(S(=O)(=O)N(CC(=O)NCCCN2CCc3ccccc32)c2ccc(Cl)cc2)cc1OC. The highest BCUT2D eigenvalue weighted by atomic mass is 35.5. The minimum Gasteiger partial charge on any atom is -0.493 e. The van der Waals surface area contributed by atoms with Gasteiger partial charge in [-0.2, -0.15) is 0 Å². The van der Waals surface area contributed by atoms with E-state index in [1.54, 1.807) is 24.3 Å². The third-order valence-electron chi connectivity index (χ3n) is 6.26. The molecule has 3 aromatic carbocycles. The van der Waals surface area contributed by atoms with Crippen molar-refractivity contribution >= 4 is 38.9 Å². The molecule has 1 amide bonds. The van der Waals surface area contributed by atoms with Crippen LogP contribution in [0.3, 0.4) is 0 Å². The molecule has 37 heavy (non-hydrogen) atoms. The number of methoxy groups -OCH3 is 2. The van der Waals surface area contributed by atoms with Crippen molar-refractivity contribution in [3.63, 3.8) is 0 Å². The Bertz CT molecular complexity index is 1350. The van der Waals surface area contributed by atoms with Gasteiger partial charge in [-0.3, -0.25) is 9.10 Å². The van der Waals surface area contributed by atoms with Crippen LogP contribution in [0.1, 0.15) is 12.0 Å². The van der Waals surface area contributed by atoms with Gasteiger partial charge in [-0.15, -0.1) is 0 Å². The lowest BCUT2D eigenvalue weighted by molar-refractivity contribution is -0.119. The molecule has 0 radical (unpaired) electrons. The molecule has 1 aliphatic rings. The smallest absolute Gasteiger partial charge is 0.264 e. The Morgan fingerprint density at radius 3 is 2.49 bits per heavy atom. The third-order valence-corrected chi connectivity index (χ3v) is 8.28. The number of amides is 1. The summed E-state index contributed by atoms with van der Waals surface area (Å²) in [6.07, 6.45) is 1.76. The molecule has 0 bridgehead atoms. The van der Waals surface area contributed by atoms with Crippen molar-refractivity contribution in [3.8, 4) is 11.5 Å². The molecule has 0 saturated heterocycles. The lowest BCUT2D eigenvalue weighted by atomic mass is 10.2. The summed E-state index contributed by atoms with van der Waals surface area (Å²) < 4.78 is 38.9. The number of nitrogens with one attached hydrogen (secondary N) is 1. The highest BCUT2D eigenvalue weighted by Crippen LogP contribution is 2.32. The minimum absolute atomic E-state index is 0.0272. The van der Waals surface area contributed by atoms with Crippen molar-refractivity contribution in [2.45, 2.75) is 17.7 Å². The average molecular weight is 544 g/mol. The predicted molar refractivity (Wildman–Crippen MR) is 146 cm³/mol. The maximum atomic E-state index is 13.7. The molecular weight excluding hydrogens is 514 g/mol. The third kappa shape index (κ3) is 6.11. The molecule has 196 valence electrons. The second-order valence-electron chi connectivity index (χ2n) is 8.57. The second-order valence-corrected chi connectivity index (χ2v) is 10.9. The number of fused-ring (bicyclic) bond motifs is 1. The van der Waals surface area contributed by atoms with Crippen molar-refractivity contribution in [1.29, 1.82) is 0 Å². The number of nitrogens with zero attached hydrogens (tertiary/aromatic N) is 2. The molecule has 10 heteroatoms.